The van der Waals surface area contributed by atoms with Gasteiger partial charge in [0.2, 0.25) is 0 Å². The summed E-state index contributed by atoms with van der Waals surface area (Å²) >= 11 is 0. The van der Waals surface area contributed by atoms with E-state index in [0.717, 1.165) is 5.56 Å². The van der Waals surface area contributed by atoms with Crippen LogP contribution < -0.4 is 5.11 Å². The van der Waals surface area contributed by atoms with Gasteiger partial charge in [0, 0.05) is 0 Å². The maximum Gasteiger partial charge on any atom is 2.00 e. The van der Waals surface area contributed by atoms with Crippen molar-refractivity contribution in [2.45, 2.75) is 6.92 Å². The monoisotopic (exact) mass is 146 g/mol. The summed E-state index contributed by atoms with van der Waals surface area (Å²) in [6, 6.07) is 6.75. The topological polar surface area (TPSA) is 23.1 Å². The van der Waals surface area contributed by atoms with Crippen LogP contribution in [0.2, 0.25) is 0 Å². The van der Waals surface area contributed by atoms with Gasteiger partial charge in [0.1, 0.15) is 0 Å². The molecule has 0 N–H and O–H groups in total. The molecular weight excluding hydrogens is 136 g/mol. The molecule has 1 nitrogen and oxygen atoms in total. The van der Waals surface area contributed by atoms with E-state index >= 15 is 0 Å². The zero-order chi connectivity index (χ0) is 5.98. The maximum absolute atomic E-state index is 10.4. The van der Waals surface area contributed by atoms with Gasteiger partial charge < -0.3 is 12.5 Å². The van der Waals surface area contributed by atoms with E-state index in [1.54, 1.807) is 12.1 Å². The van der Waals surface area contributed by atoms with Crippen molar-refractivity contribution in [1.29, 1.82) is 0 Å². The molecule has 0 heterocycles. The van der Waals surface area contributed by atoms with Crippen molar-refractivity contribution < 1.29 is 5.11 Å². The molecule has 1 aromatic carbocycles. The Balaban J connectivity index is 0. The van der Waals surface area contributed by atoms with Crippen LogP contribution in [-0.2, 0) is 0 Å². The molecule has 0 saturated carbocycles. The summed E-state index contributed by atoms with van der Waals surface area (Å²) in [6.07, 6.45) is 0. The van der Waals surface area contributed by atoms with Gasteiger partial charge in [0.25, 0.3) is 0 Å². The number of aryl methyl sites for hydroxylation is 1. The Bertz CT molecular complexity index is 148. The fraction of sp³-hybridized carbons (Fsp3) is 0.125. The van der Waals surface area contributed by atoms with E-state index in [4.69, 9.17) is 0 Å². The van der Waals surface area contributed by atoms with Gasteiger partial charge in [-0.05, 0) is 6.92 Å². The third-order valence-corrected chi connectivity index (χ3v) is 1.02. The van der Waals surface area contributed by atoms with Gasteiger partial charge >= 0.3 is 23.1 Å². The summed E-state index contributed by atoms with van der Waals surface area (Å²) in [5.41, 5.74) is 1.13. The molecule has 0 atom stereocenters. The van der Waals surface area contributed by atoms with Crippen LogP contribution in [0.15, 0.2) is 24.3 Å². The predicted octanol–water partition coefficient (Wildman–Crippen LogP) is 1.14. The van der Waals surface area contributed by atoms with Gasteiger partial charge in [0.05, 0.1) is 0 Å². The van der Waals surface area contributed by atoms with E-state index in [1.807, 2.05) is 19.1 Å². The molecule has 0 spiro atoms. The van der Waals surface area contributed by atoms with Gasteiger partial charge in [-0.15, -0.1) is 5.75 Å². The molecule has 10 heavy (non-hydrogen) atoms. The summed E-state index contributed by atoms with van der Waals surface area (Å²) in [4.78, 5) is 0. The molecule has 0 saturated heterocycles. The molecule has 0 bridgehead atoms. The first-order valence-corrected chi connectivity index (χ1v) is 2.53. The first-order valence-electron chi connectivity index (χ1n) is 2.53. The van der Waals surface area contributed by atoms with Crippen molar-refractivity contribution in [1.82, 2.24) is 0 Å². The zero-order valence-electron chi connectivity index (χ0n) is 6.42. The molecule has 0 aliphatic carbocycles. The largest absolute Gasteiger partial charge is 2.00 e. The zero-order valence-corrected chi connectivity index (χ0v) is 7.84. The molecule has 0 unspecified atom stereocenters. The van der Waals surface area contributed by atoms with E-state index in [0.29, 0.717) is 0 Å². The van der Waals surface area contributed by atoms with Gasteiger partial charge in [0.15, 0.2) is 0 Å². The van der Waals surface area contributed by atoms with Crippen LogP contribution >= 0.6 is 0 Å². The summed E-state index contributed by atoms with van der Waals surface area (Å²) in [5.74, 6) is 0.0793. The molecule has 0 amide bonds. The quantitative estimate of drug-likeness (QED) is 0.398. The van der Waals surface area contributed by atoms with Gasteiger partial charge in [-0.2, -0.15) is 0 Å². The maximum atomic E-state index is 10.4. The van der Waals surface area contributed by atoms with Gasteiger partial charge in [-0.3, -0.25) is 0 Å². The Hall–Kier alpha value is -0.214. The number of hydrogen-bond donors (Lipinski definition) is 0. The number of benzene rings is 1. The summed E-state index contributed by atoms with van der Waals surface area (Å²) in [7, 11) is 0. The number of rotatable bonds is 0. The van der Waals surface area contributed by atoms with E-state index < -0.39 is 0 Å². The van der Waals surface area contributed by atoms with Crippen LogP contribution in [0.1, 0.15) is 5.56 Å². The summed E-state index contributed by atoms with van der Waals surface area (Å²) in [6.45, 7) is 1.96. The molecule has 0 aliphatic heterocycles. The molecule has 0 aliphatic rings. The first kappa shape index (κ1) is 12.5. The van der Waals surface area contributed by atoms with Crippen molar-refractivity contribution in [2.75, 3.05) is 0 Å². The van der Waals surface area contributed by atoms with Crippen molar-refractivity contribution >= 4 is 23.1 Å². The van der Waals surface area contributed by atoms with Crippen LogP contribution in [0, 0.1) is 14.4 Å². The minimum Gasteiger partial charge on any atom is -0.872 e. The van der Waals surface area contributed by atoms with Crippen molar-refractivity contribution in [3.8, 4) is 5.75 Å². The van der Waals surface area contributed by atoms with Crippen molar-refractivity contribution in [2.24, 2.45) is 0 Å². The van der Waals surface area contributed by atoms with E-state index in [2.05, 4.69) is 0 Å². The average molecular weight is 146 g/mol. The molecule has 0 fully saturated rings. The molecule has 50 valence electrons. The van der Waals surface area contributed by atoms with Crippen molar-refractivity contribution in [3.63, 3.8) is 0 Å². The fourth-order valence-electron chi connectivity index (χ4n) is 0.538. The van der Waals surface area contributed by atoms with Crippen LogP contribution in [0.5, 0.6) is 5.75 Å². The second-order valence-electron chi connectivity index (χ2n) is 1.81. The Morgan fingerprint density at radius 2 is 1.50 bits per heavy atom. The second kappa shape index (κ2) is 5.56. The van der Waals surface area contributed by atoms with Crippen LogP contribution in [0.4, 0.5) is 0 Å². The van der Waals surface area contributed by atoms with Crippen LogP contribution in [0.3, 0.4) is 0 Å². The third kappa shape index (κ3) is 3.74. The second-order valence-corrected chi connectivity index (χ2v) is 1.81. The van der Waals surface area contributed by atoms with Crippen molar-refractivity contribution in [3.05, 3.63) is 37.3 Å². The summed E-state index contributed by atoms with van der Waals surface area (Å²) < 4.78 is 0. The standard InChI is InChI=1S/C7H8O.CH3.Mg/c1-6-2-4-7(8)5-3-6;;/h2-5,8H,1H3;1H3;/q;-1;+2/p-1. The minimum absolute atomic E-state index is 0. The first-order chi connectivity index (χ1) is 3.79. The fourth-order valence-corrected chi connectivity index (χ4v) is 0.538. The predicted molar refractivity (Wildman–Crippen MR) is 42.8 cm³/mol. The van der Waals surface area contributed by atoms with Gasteiger partial charge in [-0.25, -0.2) is 0 Å². The smallest absolute Gasteiger partial charge is 0.872 e. The Kier molecular flexibility index (Phi) is 6.93. The number of hydrogen-bond acceptors (Lipinski definition) is 1. The molecule has 2 heteroatoms. The minimum atomic E-state index is 0. The molecular formula is C8H10MgO. The molecule has 1 rings (SSSR count). The van der Waals surface area contributed by atoms with E-state index in [9.17, 15) is 5.11 Å². The Morgan fingerprint density at radius 3 is 1.80 bits per heavy atom. The van der Waals surface area contributed by atoms with E-state index in [-0.39, 0.29) is 36.2 Å². The SMILES string of the molecule is Cc1ccc([O-])cc1.[CH3-].[Mg+2]. The summed E-state index contributed by atoms with van der Waals surface area (Å²) in [5, 5.41) is 10.4. The molecule has 0 aromatic heterocycles. The Labute approximate surface area is 78.2 Å². The Morgan fingerprint density at radius 1 is 1.10 bits per heavy atom. The molecule has 0 radical (unpaired) electrons. The van der Waals surface area contributed by atoms with E-state index in [1.165, 1.54) is 0 Å². The average Bonchev–Trinajstić information content (AvgIpc) is 1.77. The normalized spacial score (nSPS) is 7.30. The van der Waals surface area contributed by atoms with Crippen LogP contribution in [0.25, 0.3) is 0 Å². The molecule has 1 aromatic rings. The van der Waals surface area contributed by atoms with Crippen LogP contribution in [-0.4, -0.2) is 23.1 Å². The third-order valence-electron chi connectivity index (χ3n) is 1.02. The van der Waals surface area contributed by atoms with Gasteiger partial charge in [-0.1, -0.05) is 29.8 Å².